The first kappa shape index (κ1) is 21.8. The van der Waals surface area contributed by atoms with Crippen LogP contribution in [0.25, 0.3) is 11.1 Å². The lowest BCUT2D eigenvalue weighted by atomic mass is 9.93. The normalized spacial score (nSPS) is 23.6. The molecule has 0 unspecified atom stereocenters. The summed E-state index contributed by atoms with van der Waals surface area (Å²) in [6.45, 7) is 4.75. The van der Waals surface area contributed by atoms with Gasteiger partial charge in [0.1, 0.15) is 0 Å². The van der Waals surface area contributed by atoms with E-state index in [4.69, 9.17) is 0 Å². The molecule has 0 radical (unpaired) electrons. The zero-order valence-electron chi connectivity index (χ0n) is 20.0. The molecule has 2 aromatic rings. The Hall–Kier alpha value is -2.66. The van der Waals surface area contributed by atoms with E-state index in [9.17, 15) is 9.59 Å². The Morgan fingerprint density at radius 1 is 0.765 bits per heavy atom. The molecule has 3 fully saturated rings. The van der Waals surface area contributed by atoms with Gasteiger partial charge in [0.05, 0.1) is 0 Å². The summed E-state index contributed by atoms with van der Waals surface area (Å²) in [5.41, 5.74) is 5.00. The zero-order chi connectivity index (χ0) is 23.1. The molecule has 1 saturated carbocycles. The average molecular weight is 458 g/mol. The van der Waals surface area contributed by atoms with Crippen LogP contribution in [0.3, 0.4) is 0 Å². The zero-order valence-corrected chi connectivity index (χ0v) is 20.0. The van der Waals surface area contributed by atoms with Crippen LogP contribution in [0.4, 0.5) is 0 Å². The molecule has 2 saturated heterocycles. The molecule has 6 rings (SSSR count). The molecule has 34 heavy (non-hydrogen) atoms. The van der Waals surface area contributed by atoms with Crippen molar-refractivity contribution < 1.29 is 9.59 Å². The molecule has 2 amide bonds. The monoisotopic (exact) mass is 457 g/mol. The van der Waals surface area contributed by atoms with Gasteiger partial charge in [-0.05, 0) is 73.4 Å². The summed E-state index contributed by atoms with van der Waals surface area (Å²) in [6, 6.07) is 15.3. The third-order valence-electron chi connectivity index (χ3n) is 8.55. The number of likely N-dealkylation sites (tertiary alicyclic amines) is 2. The van der Waals surface area contributed by atoms with E-state index in [-0.39, 0.29) is 11.8 Å². The average Bonchev–Trinajstić information content (AvgIpc) is 3.66. The van der Waals surface area contributed by atoms with Gasteiger partial charge < -0.3 is 9.80 Å². The first-order valence-electron chi connectivity index (χ1n) is 13.2. The summed E-state index contributed by atoms with van der Waals surface area (Å²) in [5.74, 6) is 0.344. The van der Waals surface area contributed by atoms with E-state index < -0.39 is 0 Å². The highest BCUT2D eigenvalue weighted by Gasteiger charge is 2.36. The minimum atomic E-state index is 0.138. The van der Waals surface area contributed by atoms with Crippen molar-refractivity contribution in [3.05, 3.63) is 59.2 Å². The molecule has 5 nitrogen and oxygen atoms in total. The van der Waals surface area contributed by atoms with Crippen LogP contribution in [0.1, 0.15) is 71.2 Å². The highest BCUT2D eigenvalue weighted by molar-refractivity contribution is 5.98. The lowest BCUT2D eigenvalue weighted by molar-refractivity contribution is 0.0658. The van der Waals surface area contributed by atoms with Gasteiger partial charge in [0.15, 0.2) is 0 Å². The van der Waals surface area contributed by atoms with E-state index in [2.05, 4.69) is 21.9 Å². The third kappa shape index (κ3) is 4.04. The number of rotatable bonds is 4. The van der Waals surface area contributed by atoms with E-state index in [0.717, 1.165) is 92.3 Å². The predicted molar refractivity (Wildman–Crippen MR) is 134 cm³/mol. The summed E-state index contributed by atoms with van der Waals surface area (Å²) in [7, 11) is 0. The second-order valence-electron chi connectivity index (χ2n) is 10.6. The SMILES string of the molecule is O=C(c1ccc(-c2ccc3c(c2)CCN([C@@H]2CCN(C4CCCC4)C2)C3=O)cc1)N1CCCC1. The Balaban J connectivity index is 1.14. The van der Waals surface area contributed by atoms with E-state index >= 15 is 0 Å². The van der Waals surface area contributed by atoms with Crippen molar-refractivity contribution in [1.82, 2.24) is 14.7 Å². The number of benzene rings is 2. The number of fused-ring (bicyclic) bond motifs is 1. The van der Waals surface area contributed by atoms with Gasteiger partial charge in [-0.2, -0.15) is 0 Å². The Morgan fingerprint density at radius 3 is 2.26 bits per heavy atom. The van der Waals surface area contributed by atoms with Gasteiger partial charge >= 0.3 is 0 Å². The van der Waals surface area contributed by atoms with E-state index in [1.807, 2.05) is 35.2 Å². The van der Waals surface area contributed by atoms with E-state index in [1.54, 1.807) is 0 Å². The van der Waals surface area contributed by atoms with Gasteiger partial charge in [-0.3, -0.25) is 14.5 Å². The van der Waals surface area contributed by atoms with Crippen LogP contribution in [0.15, 0.2) is 42.5 Å². The summed E-state index contributed by atoms with van der Waals surface area (Å²) in [6.07, 6.45) is 9.63. The standard InChI is InChI=1S/C29H35N3O2/c33-28(30-15-3-4-16-30)22-9-7-21(8-10-22)23-11-12-27-24(19-23)13-18-32(29(27)34)26-14-17-31(20-26)25-5-1-2-6-25/h7-12,19,25-26H,1-6,13-18,20H2/t26-/m1/s1. The Bertz CT molecular complexity index is 1070. The van der Waals surface area contributed by atoms with Gasteiger partial charge in [-0.15, -0.1) is 0 Å². The minimum absolute atomic E-state index is 0.138. The number of carbonyl (C=O) groups is 2. The highest BCUT2D eigenvalue weighted by Crippen LogP contribution is 2.32. The molecule has 3 aliphatic heterocycles. The van der Waals surface area contributed by atoms with Crippen LogP contribution in [0.5, 0.6) is 0 Å². The van der Waals surface area contributed by atoms with Crippen molar-refractivity contribution in [2.75, 3.05) is 32.7 Å². The van der Waals surface area contributed by atoms with Crippen molar-refractivity contribution in [3.8, 4) is 11.1 Å². The van der Waals surface area contributed by atoms with Gasteiger partial charge in [0.25, 0.3) is 11.8 Å². The number of carbonyl (C=O) groups excluding carboxylic acids is 2. The Morgan fingerprint density at radius 2 is 1.50 bits per heavy atom. The third-order valence-corrected chi connectivity index (χ3v) is 8.55. The minimum Gasteiger partial charge on any atom is -0.339 e. The highest BCUT2D eigenvalue weighted by atomic mass is 16.2. The van der Waals surface area contributed by atoms with Crippen molar-refractivity contribution in [3.63, 3.8) is 0 Å². The number of hydrogen-bond acceptors (Lipinski definition) is 3. The van der Waals surface area contributed by atoms with Crippen molar-refractivity contribution in [1.29, 1.82) is 0 Å². The first-order chi connectivity index (χ1) is 16.7. The number of hydrogen-bond donors (Lipinski definition) is 0. The lowest BCUT2D eigenvalue weighted by Gasteiger charge is -2.34. The quantitative estimate of drug-likeness (QED) is 0.674. The van der Waals surface area contributed by atoms with E-state index in [0.29, 0.717) is 6.04 Å². The second-order valence-corrected chi connectivity index (χ2v) is 10.6. The summed E-state index contributed by atoms with van der Waals surface area (Å²) < 4.78 is 0. The number of amides is 2. The van der Waals surface area contributed by atoms with Gasteiger partial charge in [-0.1, -0.05) is 37.1 Å². The maximum absolute atomic E-state index is 13.4. The van der Waals surface area contributed by atoms with Crippen LogP contribution < -0.4 is 0 Å². The molecule has 3 heterocycles. The van der Waals surface area contributed by atoms with Crippen LogP contribution in [0.2, 0.25) is 0 Å². The molecule has 4 aliphatic rings. The van der Waals surface area contributed by atoms with Crippen LogP contribution in [0, 0.1) is 0 Å². The van der Waals surface area contributed by atoms with Crippen molar-refractivity contribution in [2.24, 2.45) is 0 Å². The maximum Gasteiger partial charge on any atom is 0.254 e. The number of nitrogens with zero attached hydrogens (tertiary/aromatic N) is 3. The topological polar surface area (TPSA) is 43.9 Å². The fourth-order valence-electron chi connectivity index (χ4n) is 6.57. The summed E-state index contributed by atoms with van der Waals surface area (Å²) in [4.78, 5) is 32.8. The van der Waals surface area contributed by atoms with Crippen LogP contribution >= 0.6 is 0 Å². The molecular weight excluding hydrogens is 422 g/mol. The summed E-state index contributed by atoms with van der Waals surface area (Å²) in [5, 5.41) is 0. The molecule has 0 aromatic heterocycles. The van der Waals surface area contributed by atoms with Crippen molar-refractivity contribution in [2.45, 2.75) is 63.5 Å². The molecule has 1 aliphatic carbocycles. The molecule has 0 N–H and O–H groups in total. The van der Waals surface area contributed by atoms with E-state index in [1.165, 1.54) is 25.7 Å². The van der Waals surface area contributed by atoms with Crippen molar-refractivity contribution >= 4 is 11.8 Å². The van der Waals surface area contributed by atoms with Crippen LogP contribution in [-0.4, -0.2) is 71.3 Å². The summed E-state index contributed by atoms with van der Waals surface area (Å²) >= 11 is 0. The molecule has 2 aromatic carbocycles. The fourth-order valence-corrected chi connectivity index (χ4v) is 6.57. The molecule has 1 atom stereocenters. The smallest absolute Gasteiger partial charge is 0.254 e. The molecule has 0 spiro atoms. The second kappa shape index (κ2) is 9.18. The van der Waals surface area contributed by atoms with Gasteiger partial charge in [-0.25, -0.2) is 0 Å². The fraction of sp³-hybridized carbons (Fsp3) is 0.517. The molecule has 5 heteroatoms. The van der Waals surface area contributed by atoms with Gasteiger partial charge in [0.2, 0.25) is 0 Å². The Labute approximate surface area is 202 Å². The Kier molecular flexibility index (Phi) is 5.90. The maximum atomic E-state index is 13.4. The predicted octanol–water partition coefficient (Wildman–Crippen LogP) is 4.60. The molecular formula is C29H35N3O2. The molecule has 178 valence electrons. The van der Waals surface area contributed by atoms with Crippen LogP contribution in [-0.2, 0) is 6.42 Å². The van der Waals surface area contributed by atoms with Gasteiger partial charge in [0, 0.05) is 55.9 Å². The largest absolute Gasteiger partial charge is 0.339 e. The molecule has 0 bridgehead atoms. The first-order valence-corrected chi connectivity index (χ1v) is 13.2. The lowest BCUT2D eigenvalue weighted by Crippen LogP contribution is -2.46.